The molecule has 0 radical (unpaired) electrons. The zero-order valence-electron chi connectivity index (χ0n) is 10.0. The monoisotopic (exact) mass is 211 g/mol. The van der Waals surface area contributed by atoms with Crippen molar-refractivity contribution in [3.8, 4) is 0 Å². The Hall–Kier alpha value is -0.800. The number of hydrogen-bond donors (Lipinski definition) is 1. The van der Waals surface area contributed by atoms with Crippen molar-refractivity contribution in [1.29, 1.82) is 0 Å². The molecule has 86 valence electrons. The predicted octanol–water partition coefficient (Wildman–Crippen LogP) is 2.56. The Morgan fingerprint density at radius 1 is 1.27 bits per heavy atom. The van der Waals surface area contributed by atoms with E-state index in [1.807, 2.05) is 12.1 Å². The van der Waals surface area contributed by atoms with E-state index < -0.39 is 0 Å². The summed E-state index contributed by atoms with van der Waals surface area (Å²) in [6.07, 6.45) is 0. The molecule has 1 rings (SSSR count). The van der Waals surface area contributed by atoms with Crippen LogP contribution in [0.2, 0.25) is 0 Å². The lowest BCUT2D eigenvalue weighted by Crippen LogP contribution is -2.29. The van der Waals surface area contributed by atoms with Crippen LogP contribution in [0, 0.1) is 5.92 Å². The van der Waals surface area contributed by atoms with Crippen LogP contribution in [-0.4, -0.2) is 13.2 Å². The van der Waals surface area contributed by atoms with Crippen molar-refractivity contribution in [2.45, 2.75) is 40.0 Å². The van der Waals surface area contributed by atoms with Crippen molar-refractivity contribution in [3.63, 3.8) is 0 Å². The Balaban J connectivity index is 2.37. The smallest absolute Gasteiger partial charge is 0.129 e. The van der Waals surface area contributed by atoms with Gasteiger partial charge < -0.3 is 14.5 Å². The molecule has 0 aliphatic rings. The average molecular weight is 211 g/mol. The fourth-order valence-electron chi connectivity index (χ4n) is 1.23. The number of furan rings is 1. The molecule has 0 aliphatic heterocycles. The van der Waals surface area contributed by atoms with Gasteiger partial charge in [-0.15, -0.1) is 0 Å². The Bertz CT molecular complexity index is 281. The van der Waals surface area contributed by atoms with Gasteiger partial charge in [-0.05, 0) is 25.0 Å². The number of hydrogen-bond acceptors (Lipinski definition) is 3. The van der Waals surface area contributed by atoms with Gasteiger partial charge in [0.1, 0.15) is 18.1 Å². The fraction of sp³-hybridized carbons (Fsp3) is 0.667. The lowest BCUT2D eigenvalue weighted by Gasteiger charge is -2.16. The summed E-state index contributed by atoms with van der Waals surface area (Å²) in [6.45, 7) is 7.92. The summed E-state index contributed by atoms with van der Waals surface area (Å²) in [7, 11) is 1.67. The lowest BCUT2D eigenvalue weighted by atomic mass is 10.1. The van der Waals surface area contributed by atoms with Gasteiger partial charge in [0.05, 0.1) is 6.54 Å². The summed E-state index contributed by atoms with van der Waals surface area (Å²) < 4.78 is 10.6. The maximum atomic E-state index is 5.57. The molecule has 0 saturated heterocycles. The van der Waals surface area contributed by atoms with Crippen LogP contribution in [0.5, 0.6) is 0 Å². The molecular weight excluding hydrogens is 190 g/mol. The highest BCUT2D eigenvalue weighted by Crippen LogP contribution is 2.09. The van der Waals surface area contributed by atoms with Crippen LogP contribution >= 0.6 is 0 Å². The third-order valence-electron chi connectivity index (χ3n) is 2.60. The molecular formula is C12H21NO2. The Kier molecular flexibility index (Phi) is 4.85. The quantitative estimate of drug-likeness (QED) is 0.785. The van der Waals surface area contributed by atoms with Crippen molar-refractivity contribution in [2.24, 2.45) is 5.92 Å². The maximum Gasteiger partial charge on any atom is 0.129 e. The van der Waals surface area contributed by atoms with Crippen molar-refractivity contribution < 1.29 is 9.15 Å². The van der Waals surface area contributed by atoms with Crippen molar-refractivity contribution in [1.82, 2.24) is 5.32 Å². The zero-order valence-corrected chi connectivity index (χ0v) is 10.0. The molecule has 0 aromatic carbocycles. The van der Waals surface area contributed by atoms with Gasteiger partial charge >= 0.3 is 0 Å². The molecule has 1 unspecified atom stereocenters. The second-order valence-corrected chi connectivity index (χ2v) is 4.21. The number of methoxy groups -OCH3 is 1. The van der Waals surface area contributed by atoms with E-state index in [9.17, 15) is 0 Å². The standard InChI is InChI=1S/C12H21NO2/c1-9(2)10(3)13-7-11-5-6-12(15-11)8-14-4/h5-6,9-10,13H,7-8H2,1-4H3. The molecule has 1 aromatic rings. The molecule has 0 amide bonds. The summed E-state index contributed by atoms with van der Waals surface area (Å²) in [4.78, 5) is 0. The molecule has 3 heteroatoms. The molecule has 0 spiro atoms. The first kappa shape index (κ1) is 12.3. The van der Waals surface area contributed by atoms with Crippen LogP contribution < -0.4 is 5.32 Å². The maximum absolute atomic E-state index is 5.57. The summed E-state index contributed by atoms with van der Waals surface area (Å²) in [5.41, 5.74) is 0. The molecule has 1 aromatic heterocycles. The molecule has 1 atom stereocenters. The SMILES string of the molecule is COCc1ccc(CNC(C)C(C)C)o1. The van der Waals surface area contributed by atoms with Gasteiger partial charge in [-0.2, -0.15) is 0 Å². The molecule has 1 heterocycles. The first-order chi connectivity index (χ1) is 7.13. The summed E-state index contributed by atoms with van der Waals surface area (Å²) >= 11 is 0. The van der Waals surface area contributed by atoms with Crippen LogP contribution in [-0.2, 0) is 17.9 Å². The molecule has 0 bridgehead atoms. The van der Waals surface area contributed by atoms with Gasteiger partial charge in [-0.1, -0.05) is 13.8 Å². The van der Waals surface area contributed by atoms with Crippen LogP contribution in [0.15, 0.2) is 16.5 Å². The predicted molar refractivity (Wildman–Crippen MR) is 60.6 cm³/mol. The van der Waals surface area contributed by atoms with Crippen LogP contribution in [0.25, 0.3) is 0 Å². The van der Waals surface area contributed by atoms with E-state index in [0.29, 0.717) is 18.6 Å². The molecule has 0 saturated carbocycles. The van der Waals surface area contributed by atoms with Crippen LogP contribution in [0.1, 0.15) is 32.3 Å². The van der Waals surface area contributed by atoms with E-state index >= 15 is 0 Å². The molecule has 3 nitrogen and oxygen atoms in total. The first-order valence-electron chi connectivity index (χ1n) is 5.43. The van der Waals surface area contributed by atoms with Gasteiger partial charge in [-0.3, -0.25) is 0 Å². The molecule has 0 fully saturated rings. The van der Waals surface area contributed by atoms with Crippen LogP contribution in [0.4, 0.5) is 0 Å². The molecule has 15 heavy (non-hydrogen) atoms. The Morgan fingerprint density at radius 3 is 2.53 bits per heavy atom. The minimum atomic E-state index is 0.501. The van der Waals surface area contributed by atoms with Gasteiger partial charge in [0.25, 0.3) is 0 Å². The average Bonchev–Trinajstić information content (AvgIpc) is 2.62. The second-order valence-electron chi connectivity index (χ2n) is 4.21. The largest absolute Gasteiger partial charge is 0.462 e. The van der Waals surface area contributed by atoms with Crippen molar-refractivity contribution in [2.75, 3.05) is 7.11 Å². The van der Waals surface area contributed by atoms with Gasteiger partial charge in [0.15, 0.2) is 0 Å². The first-order valence-corrected chi connectivity index (χ1v) is 5.43. The second kappa shape index (κ2) is 5.93. The molecule has 1 N–H and O–H groups in total. The van der Waals surface area contributed by atoms with Gasteiger partial charge in [0, 0.05) is 13.2 Å². The van der Waals surface area contributed by atoms with Gasteiger partial charge in [-0.25, -0.2) is 0 Å². The summed E-state index contributed by atoms with van der Waals surface area (Å²) in [5.74, 6) is 2.49. The highest BCUT2D eigenvalue weighted by atomic mass is 16.5. The lowest BCUT2D eigenvalue weighted by molar-refractivity contribution is 0.162. The highest BCUT2D eigenvalue weighted by Gasteiger charge is 2.07. The zero-order chi connectivity index (χ0) is 11.3. The van der Waals surface area contributed by atoms with Crippen molar-refractivity contribution >= 4 is 0 Å². The van der Waals surface area contributed by atoms with E-state index in [2.05, 4.69) is 26.1 Å². The number of rotatable bonds is 6. The van der Waals surface area contributed by atoms with E-state index in [0.717, 1.165) is 18.1 Å². The Morgan fingerprint density at radius 2 is 1.93 bits per heavy atom. The third kappa shape index (κ3) is 4.06. The number of ether oxygens (including phenoxy) is 1. The summed E-state index contributed by atoms with van der Waals surface area (Å²) in [6, 6.07) is 4.45. The topological polar surface area (TPSA) is 34.4 Å². The third-order valence-corrected chi connectivity index (χ3v) is 2.60. The minimum Gasteiger partial charge on any atom is -0.462 e. The van der Waals surface area contributed by atoms with E-state index in [1.165, 1.54) is 0 Å². The van der Waals surface area contributed by atoms with Crippen LogP contribution in [0.3, 0.4) is 0 Å². The molecule has 0 aliphatic carbocycles. The van der Waals surface area contributed by atoms with Crippen molar-refractivity contribution in [3.05, 3.63) is 23.7 Å². The normalized spacial score (nSPS) is 13.4. The Labute approximate surface area is 91.8 Å². The van der Waals surface area contributed by atoms with E-state index in [4.69, 9.17) is 9.15 Å². The number of nitrogens with one attached hydrogen (secondary N) is 1. The fourth-order valence-corrected chi connectivity index (χ4v) is 1.23. The van der Waals surface area contributed by atoms with E-state index in [1.54, 1.807) is 7.11 Å². The van der Waals surface area contributed by atoms with Gasteiger partial charge in [0.2, 0.25) is 0 Å². The summed E-state index contributed by atoms with van der Waals surface area (Å²) in [5, 5.41) is 3.42. The van der Waals surface area contributed by atoms with E-state index in [-0.39, 0.29) is 0 Å². The highest BCUT2D eigenvalue weighted by molar-refractivity contribution is 5.06. The minimum absolute atomic E-state index is 0.501.